The molecule has 19 heavy (non-hydrogen) atoms. The van der Waals surface area contributed by atoms with E-state index in [4.69, 9.17) is 11.6 Å². The molecule has 1 unspecified atom stereocenters. The molecular weight excluding hydrogens is 291 g/mol. The number of fused-ring (bicyclic) bond motifs is 1. The number of hydrogen-bond acceptors (Lipinski definition) is 4. The summed E-state index contributed by atoms with van der Waals surface area (Å²) in [6.45, 7) is 1.85. The number of pyridine rings is 1. The Balaban J connectivity index is 2.68. The van der Waals surface area contributed by atoms with Gasteiger partial charge in [-0.05, 0) is 12.1 Å². The van der Waals surface area contributed by atoms with Gasteiger partial charge < -0.3 is 0 Å². The molecule has 1 atom stereocenters. The Bertz CT molecular complexity index is 638. The van der Waals surface area contributed by atoms with Crippen molar-refractivity contribution in [2.45, 2.75) is 17.1 Å². The fourth-order valence-corrected chi connectivity index (χ4v) is 2.77. The lowest BCUT2D eigenvalue weighted by atomic mass is 10.2. The maximum Gasteiger partial charge on any atom is 0.281 e. The Morgan fingerprint density at radius 2 is 2.37 bits per heavy atom. The van der Waals surface area contributed by atoms with E-state index < -0.39 is 10.7 Å². The van der Waals surface area contributed by atoms with Crippen molar-refractivity contribution in [2.24, 2.45) is 0 Å². The number of hydrogen-bond donors (Lipinski definition) is 0. The van der Waals surface area contributed by atoms with Gasteiger partial charge in [-0.25, -0.2) is 4.39 Å². The highest BCUT2D eigenvalue weighted by Crippen LogP contribution is 2.36. The van der Waals surface area contributed by atoms with Crippen LogP contribution in [0, 0.1) is 15.9 Å². The monoisotopic (exact) mass is 300 g/mol. The van der Waals surface area contributed by atoms with Crippen LogP contribution in [-0.2, 0) is 0 Å². The molecule has 0 aliphatic carbocycles. The summed E-state index contributed by atoms with van der Waals surface area (Å²) in [4.78, 5) is 14.7. The molecule has 7 heteroatoms. The maximum absolute atomic E-state index is 14.0. The number of nitrogens with zero attached hydrogens (tertiary/aromatic N) is 2. The lowest BCUT2D eigenvalue weighted by Gasteiger charge is -2.10. The first-order chi connectivity index (χ1) is 9.04. The molecule has 4 nitrogen and oxygen atoms in total. The molecule has 0 bridgehead atoms. The second-order valence-corrected chi connectivity index (χ2v) is 5.70. The molecule has 0 aliphatic heterocycles. The summed E-state index contributed by atoms with van der Waals surface area (Å²) in [5, 5.41) is 11.3. The van der Waals surface area contributed by atoms with E-state index in [-0.39, 0.29) is 10.9 Å². The Labute approximate surface area is 118 Å². The zero-order valence-electron chi connectivity index (χ0n) is 9.97. The van der Waals surface area contributed by atoms with Crippen LogP contribution in [0.4, 0.5) is 10.1 Å². The SMILES string of the molecule is CC(CCl)Sc1c(F)cc([N+](=O)[O-])c2cccnc12. The number of nitro groups is 1. The molecule has 1 aromatic heterocycles. The van der Waals surface area contributed by atoms with Crippen LogP contribution in [0.15, 0.2) is 29.3 Å². The number of benzene rings is 1. The van der Waals surface area contributed by atoms with Gasteiger partial charge in [-0.2, -0.15) is 0 Å². The van der Waals surface area contributed by atoms with Crippen LogP contribution < -0.4 is 0 Å². The van der Waals surface area contributed by atoms with Gasteiger partial charge in [-0.3, -0.25) is 15.1 Å². The molecule has 2 rings (SSSR count). The van der Waals surface area contributed by atoms with Gasteiger partial charge >= 0.3 is 0 Å². The quantitative estimate of drug-likeness (QED) is 0.370. The highest BCUT2D eigenvalue weighted by Gasteiger charge is 2.21. The van der Waals surface area contributed by atoms with Crippen LogP contribution in [0.3, 0.4) is 0 Å². The Hall–Kier alpha value is -1.40. The van der Waals surface area contributed by atoms with E-state index >= 15 is 0 Å². The molecule has 0 fully saturated rings. The molecule has 0 saturated heterocycles. The molecule has 0 aliphatic rings. The van der Waals surface area contributed by atoms with E-state index in [1.54, 1.807) is 12.1 Å². The molecule has 0 N–H and O–H groups in total. The largest absolute Gasteiger partial charge is 0.281 e. The molecule has 0 radical (unpaired) electrons. The van der Waals surface area contributed by atoms with Crippen LogP contribution in [0.1, 0.15) is 6.92 Å². The Kier molecular flexibility index (Phi) is 4.21. The van der Waals surface area contributed by atoms with Crippen molar-refractivity contribution in [3.8, 4) is 0 Å². The first kappa shape index (κ1) is 14.0. The predicted octanol–water partition coefficient (Wildman–Crippen LogP) is 4.00. The van der Waals surface area contributed by atoms with Crippen molar-refractivity contribution >= 4 is 40.0 Å². The lowest BCUT2D eigenvalue weighted by molar-refractivity contribution is -0.383. The summed E-state index contributed by atoms with van der Waals surface area (Å²) < 4.78 is 14.0. The van der Waals surface area contributed by atoms with E-state index in [0.717, 1.165) is 6.07 Å². The fourth-order valence-electron chi connectivity index (χ4n) is 1.67. The minimum atomic E-state index is -0.639. The van der Waals surface area contributed by atoms with Gasteiger partial charge in [0.2, 0.25) is 0 Å². The van der Waals surface area contributed by atoms with Crippen LogP contribution >= 0.6 is 23.4 Å². The normalized spacial score (nSPS) is 12.6. The van der Waals surface area contributed by atoms with Gasteiger partial charge in [0, 0.05) is 17.3 Å². The highest BCUT2D eigenvalue weighted by atomic mass is 35.5. The van der Waals surface area contributed by atoms with Crippen molar-refractivity contribution in [2.75, 3.05) is 5.88 Å². The molecule has 0 amide bonds. The second kappa shape index (κ2) is 5.71. The summed E-state index contributed by atoms with van der Waals surface area (Å²) in [5.74, 6) is -0.282. The van der Waals surface area contributed by atoms with Gasteiger partial charge in [-0.15, -0.1) is 23.4 Å². The first-order valence-electron chi connectivity index (χ1n) is 5.48. The third kappa shape index (κ3) is 2.79. The number of non-ortho nitro benzene ring substituents is 1. The number of rotatable bonds is 4. The number of alkyl halides is 1. The minimum absolute atomic E-state index is 0.0113. The summed E-state index contributed by atoms with van der Waals surface area (Å²) in [6, 6.07) is 4.09. The van der Waals surface area contributed by atoms with Crippen molar-refractivity contribution in [1.82, 2.24) is 4.98 Å². The number of thioether (sulfide) groups is 1. The van der Waals surface area contributed by atoms with Gasteiger partial charge in [0.25, 0.3) is 5.69 Å². The molecule has 0 spiro atoms. The maximum atomic E-state index is 14.0. The van der Waals surface area contributed by atoms with Crippen molar-refractivity contribution in [3.63, 3.8) is 0 Å². The summed E-state index contributed by atoms with van der Waals surface area (Å²) in [6.07, 6.45) is 1.49. The van der Waals surface area contributed by atoms with Crippen LogP contribution in [0.2, 0.25) is 0 Å². The Morgan fingerprint density at radius 3 is 3.00 bits per heavy atom. The van der Waals surface area contributed by atoms with Crippen molar-refractivity contribution in [3.05, 3.63) is 40.3 Å². The van der Waals surface area contributed by atoms with E-state index in [2.05, 4.69) is 4.98 Å². The zero-order valence-corrected chi connectivity index (χ0v) is 11.5. The number of halogens is 2. The van der Waals surface area contributed by atoms with Crippen molar-refractivity contribution < 1.29 is 9.31 Å². The molecule has 2 aromatic rings. The summed E-state index contributed by atoms with van der Waals surface area (Å²) >= 11 is 6.94. The molecule has 0 saturated carbocycles. The zero-order chi connectivity index (χ0) is 14.0. The third-order valence-electron chi connectivity index (χ3n) is 2.51. The molecular formula is C12H10ClFN2O2S. The van der Waals surface area contributed by atoms with Crippen LogP contribution in [0.25, 0.3) is 10.9 Å². The Morgan fingerprint density at radius 1 is 1.63 bits per heavy atom. The lowest BCUT2D eigenvalue weighted by Crippen LogP contribution is -2.00. The molecule has 1 aromatic carbocycles. The number of aromatic nitrogens is 1. The van der Waals surface area contributed by atoms with E-state index in [0.29, 0.717) is 21.7 Å². The van der Waals surface area contributed by atoms with E-state index in [1.165, 1.54) is 18.0 Å². The minimum Gasteiger partial charge on any atom is -0.258 e. The second-order valence-electron chi connectivity index (χ2n) is 3.95. The fraction of sp³-hybridized carbons (Fsp3) is 0.250. The predicted molar refractivity (Wildman–Crippen MR) is 74.4 cm³/mol. The van der Waals surface area contributed by atoms with Crippen LogP contribution in [0.5, 0.6) is 0 Å². The van der Waals surface area contributed by atoms with E-state index in [1.807, 2.05) is 6.92 Å². The van der Waals surface area contributed by atoms with E-state index in [9.17, 15) is 14.5 Å². The average Bonchev–Trinajstić information content (AvgIpc) is 2.41. The summed E-state index contributed by atoms with van der Waals surface area (Å²) in [5.41, 5.74) is 0.0274. The third-order valence-corrected chi connectivity index (χ3v) is 4.35. The number of nitro benzene ring substituents is 1. The standard InChI is InChI=1S/C12H10ClFN2O2S/c1-7(6-13)19-12-9(14)5-10(16(17)18)8-3-2-4-15-11(8)12/h2-5,7H,6H2,1H3. The van der Waals surface area contributed by atoms with Crippen molar-refractivity contribution in [1.29, 1.82) is 0 Å². The molecule has 100 valence electrons. The van der Waals surface area contributed by atoms with Gasteiger partial charge in [0.15, 0.2) is 0 Å². The average molecular weight is 301 g/mol. The highest BCUT2D eigenvalue weighted by molar-refractivity contribution is 8.00. The first-order valence-corrected chi connectivity index (χ1v) is 6.90. The molecule has 1 heterocycles. The van der Waals surface area contributed by atoms with Gasteiger partial charge in [0.05, 0.1) is 26.8 Å². The van der Waals surface area contributed by atoms with Gasteiger partial charge in [0.1, 0.15) is 5.82 Å². The topological polar surface area (TPSA) is 56.0 Å². The summed E-state index contributed by atoms with van der Waals surface area (Å²) in [7, 11) is 0. The smallest absolute Gasteiger partial charge is 0.258 e. The van der Waals surface area contributed by atoms with Gasteiger partial charge in [-0.1, -0.05) is 6.92 Å². The van der Waals surface area contributed by atoms with Crippen LogP contribution in [-0.4, -0.2) is 21.0 Å².